The van der Waals surface area contributed by atoms with Gasteiger partial charge in [0, 0.05) is 36.6 Å². The molecule has 0 radical (unpaired) electrons. The minimum Gasteiger partial charge on any atom is -0.493 e. The van der Waals surface area contributed by atoms with Crippen molar-refractivity contribution < 1.29 is 19.0 Å². The van der Waals surface area contributed by atoms with Crippen LogP contribution in [0, 0.1) is 0 Å². The van der Waals surface area contributed by atoms with Crippen LogP contribution in [0.2, 0.25) is 0 Å². The number of rotatable bonds is 15. The van der Waals surface area contributed by atoms with Crippen molar-refractivity contribution in [3.8, 4) is 17.2 Å². The predicted molar refractivity (Wildman–Crippen MR) is 162 cm³/mol. The largest absolute Gasteiger partial charge is 0.493 e. The van der Waals surface area contributed by atoms with Crippen LogP contribution in [0.25, 0.3) is 0 Å². The summed E-state index contributed by atoms with van der Waals surface area (Å²) >= 11 is 0. The zero-order valence-corrected chi connectivity index (χ0v) is 25.4. The fourth-order valence-corrected chi connectivity index (χ4v) is 5.26. The van der Waals surface area contributed by atoms with Crippen molar-refractivity contribution in [2.75, 3.05) is 26.6 Å². The number of anilines is 1. The summed E-state index contributed by atoms with van der Waals surface area (Å²) in [4.78, 5) is 13.6. The number of amides is 1. The van der Waals surface area contributed by atoms with Gasteiger partial charge in [0.2, 0.25) is 11.7 Å². The Morgan fingerprint density at radius 1 is 1.00 bits per heavy atom. The molecule has 218 valence electrons. The third-order valence-electron chi connectivity index (χ3n) is 7.34. The molecule has 0 aliphatic carbocycles. The average molecular weight is 550 g/mol. The first-order valence-corrected chi connectivity index (χ1v) is 14.4. The second-order valence-corrected chi connectivity index (χ2v) is 11.4. The van der Waals surface area contributed by atoms with Gasteiger partial charge >= 0.3 is 0 Å². The Bertz CT molecular complexity index is 1220. The van der Waals surface area contributed by atoms with Gasteiger partial charge in [-0.2, -0.15) is 5.10 Å². The Kier molecular flexibility index (Phi) is 11.5. The maximum absolute atomic E-state index is 13.6. The molecule has 3 aromatic rings. The normalized spacial score (nSPS) is 12.2. The summed E-state index contributed by atoms with van der Waals surface area (Å²) in [6, 6.07) is 12.3. The molecule has 7 nitrogen and oxygen atoms in total. The summed E-state index contributed by atoms with van der Waals surface area (Å²) in [6.45, 7) is 9.59. The Morgan fingerprint density at radius 3 is 2.40 bits per heavy atom. The lowest BCUT2D eigenvalue weighted by molar-refractivity contribution is -0.116. The summed E-state index contributed by atoms with van der Waals surface area (Å²) in [5.74, 6) is 1.78. The van der Waals surface area contributed by atoms with Gasteiger partial charge in [-0.05, 0) is 59.9 Å². The molecule has 1 unspecified atom stereocenters. The molecule has 0 spiro atoms. The Hall–Kier alpha value is -3.48. The van der Waals surface area contributed by atoms with Crippen molar-refractivity contribution in [1.82, 2.24) is 9.78 Å². The van der Waals surface area contributed by atoms with Crippen LogP contribution in [-0.2, 0) is 23.2 Å². The van der Waals surface area contributed by atoms with E-state index in [4.69, 9.17) is 14.2 Å². The van der Waals surface area contributed by atoms with Crippen LogP contribution in [0.4, 0.5) is 5.69 Å². The summed E-state index contributed by atoms with van der Waals surface area (Å²) < 4.78 is 18.9. The molecule has 2 aromatic carbocycles. The molecule has 0 bridgehead atoms. The van der Waals surface area contributed by atoms with Crippen molar-refractivity contribution in [3.63, 3.8) is 0 Å². The fourth-order valence-electron chi connectivity index (χ4n) is 5.26. The Labute approximate surface area is 240 Å². The van der Waals surface area contributed by atoms with Gasteiger partial charge < -0.3 is 19.5 Å². The number of aryl methyl sites for hydroxylation is 2. The second kappa shape index (κ2) is 14.8. The molecule has 1 heterocycles. The van der Waals surface area contributed by atoms with Gasteiger partial charge in [-0.3, -0.25) is 9.48 Å². The van der Waals surface area contributed by atoms with E-state index in [0.29, 0.717) is 23.7 Å². The van der Waals surface area contributed by atoms with Gasteiger partial charge in [0.15, 0.2) is 11.5 Å². The van der Waals surface area contributed by atoms with Gasteiger partial charge in [0.1, 0.15) is 0 Å². The summed E-state index contributed by atoms with van der Waals surface area (Å²) in [6.07, 6.45) is 10.2. The highest BCUT2D eigenvalue weighted by atomic mass is 16.5. The van der Waals surface area contributed by atoms with E-state index in [-0.39, 0.29) is 17.2 Å². The number of aromatic nitrogens is 2. The van der Waals surface area contributed by atoms with Crippen molar-refractivity contribution in [1.29, 1.82) is 0 Å². The first-order chi connectivity index (χ1) is 19.2. The molecule has 0 saturated carbocycles. The zero-order chi connectivity index (χ0) is 29.1. The molecule has 0 saturated heterocycles. The van der Waals surface area contributed by atoms with Gasteiger partial charge in [0.05, 0.1) is 21.3 Å². The lowest BCUT2D eigenvalue weighted by Crippen LogP contribution is -2.21. The second-order valence-electron chi connectivity index (χ2n) is 11.4. The number of hydrogen-bond donors (Lipinski definition) is 1. The van der Waals surface area contributed by atoms with Crippen molar-refractivity contribution >= 4 is 11.6 Å². The van der Waals surface area contributed by atoms with E-state index in [9.17, 15) is 4.79 Å². The number of nitrogens with zero attached hydrogens (tertiary/aromatic N) is 2. The molecular weight excluding hydrogens is 502 g/mol. The van der Waals surface area contributed by atoms with Crippen LogP contribution >= 0.6 is 0 Å². The third-order valence-corrected chi connectivity index (χ3v) is 7.34. The van der Waals surface area contributed by atoms with Crippen LogP contribution in [-0.4, -0.2) is 37.0 Å². The van der Waals surface area contributed by atoms with Crippen LogP contribution in [0.15, 0.2) is 48.8 Å². The minimum atomic E-state index is -0.108. The first-order valence-electron chi connectivity index (χ1n) is 14.4. The molecule has 1 atom stereocenters. The number of carbonyl (C=O) groups excluding carboxylic acids is 1. The standard InChI is InChI=1S/C33H47N3O4/c1-8-9-10-14-25(26-16-18-29(38-5)32(40-7)31(26)39-6)23-30(37)35-28-22-24(15-17-27(28)33(2,3)4)13-11-20-36-21-12-19-34-36/h12,15-19,21-22,25H,8-11,13-14,20,23H2,1-7H3,(H,35,37). The molecule has 0 aliphatic rings. The van der Waals surface area contributed by atoms with E-state index < -0.39 is 0 Å². The van der Waals surface area contributed by atoms with Crippen molar-refractivity contribution in [2.45, 2.75) is 90.5 Å². The Morgan fingerprint density at radius 2 is 1.77 bits per heavy atom. The minimum absolute atomic E-state index is 0.00229. The van der Waals surface area contributed by atoms with E-state index in [1.54, 1.807) is 27.5 Å². The highest BCUT2D eigenvalue weighted by molar-refractivity contribution is 5.92. The van der Waals surface area contributed by atoms with Gasteiger partial charge in [0.25, 0.3) is 0 Å². The topological polar surface area (TPSA) is 74.6 Å². The fraction of sp³-hybridized carbons (Fsp3) is 0.515. The smallest absolute Gasteiger partial charge is 0.224 e. The average Bonchev–Trinajstić information content (AvgIpc) is 3.44. The Balaban J connectivity index is 1.84. The molecular formula is C33H47N3O4. The summed E-state index contributed by atoms with van der Waals surface area (Å²) in [5, 5.41) is 7.59. The number of methoxy groups -OCH3 is 3. The number of nitrogens with one attached hydrogen (secondary N) is 1. The highest BCUT2D eigenvalue weighted by Gasteiger charge is 2.26. The predicted octanol–water partition coefficient (Wildman–Crippen LogP) is 7.53. The first kappa shape index (κ1) is 31.1. The summed E-state index contributed by atoms with van der Waals surface area (Å²) in [5.41, 5.74) is 4.08. The SMILES string of the molecule is CCCCCC(CC(=O)Nc1cc(CCCn2cccn2)ccc1C(C)(C)C)c1ccc(OC)c(OC)c1OC. The summed E-state index contributed by atoms with van der Waals surface area (Å²) in [7, 11) is 4.86. The van der Waals surface area contributed by atoms with Gasteiger partial charge in [-0.1, -0.05) is 65.2 Å². The maximum atomic E-state index is 13.6. The zero-order valence-electron chi connectivity index (χ0n) is 25.4. The molecule has 1 aromatic heterocycles. The number of hydrogen-bond acceptors (Lipinski definition) is 5. The quantitative estimate of drug-likeness (QED) is 0.198. The molecule has 0 aliphatic heterocycles. The molecule has 0 fully saturated rings. The maximum Gasteiger partial charge on any atom is 0.224 e. The van der Waals surface area contributed by atoms with E-state index in [1.807, 2.05) is 29.1 Å². The van der Waals surface area contributed by atoms with Crippen molar-refractivity contribution in [3.05, 3.63) is 65.5 Å². The third kappa shape index (κ3) is 8.26. The molecule has 7 heteroatoms. The van der Waals surface area contributed by atoms with Gasteiger partial charge in [-0.15, -0.1) is 0 Å². The lowest BCUT2D eigenvalue weighted by Gasteiger charge is -2.25. The lowest BCUT2D eigenvalue weighted by atomic mass is 9.84. The van der Waals surface area contributed by atoms with Gasteiger partial charge in [-0.25, -0.2) is 0 Å². The van der Waals surface area contributed by atoms with Crippen LogP contribution in [0.5, 0.6) is 17.2 Å². The van der Waals surface area contributed by atoms with Crippen LogP contribution in [0.3, 0.4) is 0 Å². The number of benzene rings is 2. The van der Waals surface area contributed by atoms with Crippen LogP contribution in [0.1, 0.15) is 88.8 Å². The number of ether oxygens (including phenoxy) is 3. The monoisotopic (exact) mass is 549 g/mol. The number of carbonyl (C=O) groups is 1. The van der Waals surface area contributed by atoms with Crippen molar-refractivity contribution in [2.24, 2.45) is 0 Å². The highest BCUT2D eigenvalue weighted by Crippen LogP contribution is 2.44. The molecule has 3 rings (SSSR count). The van der Waals surface area contributed by atoms with E-state index in [2.05, 4.69) is 56.3 Å². The molecule has 40 heavy (non-hydrogen) atoms. The number of unbranched alkanes of at least 4 members (excludes halogenated alkanes) is 2. The van der Waals surface area contributed by atoms with Crippen LogP contribution < -0.4 is 19.5 Å². The molecule has 1 amide bonds. The van der Waals surface area contributed by atoms with E-state index >= 15 is 0 Å². The van der Waals surface area contributed by atoms with E-state index in [0.717, 1.165) is 61.9 Å². The van der Waals surface area contributed by atoms with E-state index in [1.165, 1.54) is 5.56 Å². The molecule has 1 N–H and O–H groups in total.